The molecule has 2 aromatic rings. The second-order valence-corrected chi connectivity index (χ2v) is 6.38. The Bertz CT molecular complexity index is 880. The lowest BCUT2D eigenvalue weighted by atomic mass is 10.1. The van der Waals surface area contributed by atoms with Crippen molar-refractivity contribution in [3.8, 4) is 0 Å². The number of alkyl halides is 3. The molecule has 1 heterocycles. The summed E-state index contributed by atoms with van der Waals surface area (Å²) in [6.07, 6.45) is -1.80. The molecular weight excluding hydrogens is 380 g/mol. The van der Waals surface area contributed by atoms with Crippen LogP contribution in [-0.4, -0.2) is 22.8 Å². The molecule has 3 N–H and O–H groups in total. The van der Waals surface area contributed by atoms with E-state index in [0.717, 1.165) is 12.1 Å². The second-order valence-electron chi connectivity index (χ2n) is 6.38. The number of rotatable bonds is 7. The zero-order valence-corrected chi connectivity index (χ0v) is 14.4. The number of pyridine rings is 1. The maximum absolute atomic E-state index is 13.2. The van der Waals surface area contributed by atoms with Gasteiger partial charge in [-0.2, -0.15) is 13.2 Å². The molecule has 10 heteroatoms. The van der Waals surface area contributed by atoms with Crippen LogP contribution in [0.3, 0.4) is 0 Å². The number of amides is 2. The summed E-state index contributed by atoms with van der Waals surface area (Å²) in [5.41, 5.74) is -1.52. The van der Waals surface area contributed by atoms with E-state index in [0.29, 0.717) is 31.0 Å². The van der Waals surface area contributed by atoms with Crippen LogP contribution in [0.4, 0.5) is 28.9 Å². The second kappa shape index (κ2) is 7.45. The van der Waals surface area contributed by atoms with Crippen molar-refractivity contribution in [3.63, 3.8) is 0 Å². The Hall–Kier alpha value is -3.17. The topological polar surface area (TPSA) is 83.1 Å². The van der Waals surface area contributed by atoms with Gasteiger partial charge in [-0.15, -0.1) is 0 Å². The molecule has 1 aromatic heterocycles. The van der Waals surface area contributed by atoms with E-state index in [1.54, 1.807) is 0 Å². The van der Waals surface area contributed by atoms with Crippen LogP contribution in [0.2, 0.25) is 0 Å². The van der Waals surface area contributed by atoms with Crippen molar-refractivity contribution in [3.05, 3.63) is 53.6 Å². The molecule has 1 aliphatic rings. The quantitative estimate of drug-likeness (QED) is 0.497. The van der Waals surface area contributed by atoms with E-state index in [-0.39, 0.29) is 23.8 Å². The van der Waals surface area contributed by atoms with E-state index in [1.807, 2.05) is 0 Å². The molecule has 0 atom stereocenters. The van der Waals surface area contributed by atoms with E-state index in [9.17, 15) is 27.2 Å². The number of anilines is 2. The molecule has 0 aliphatic heterocycles. The van der Waals surface area contributed by atoms with Crippen LogP contribution >= 0.6 is 0 Å². The molecule has 0 radical (unpaired) electrons. The fraction of sp³-hybridized carbons (Fsp3) is 0.278. The van der Waals surface area contributed by atoms with Gasteiger partial charge in [0.05, 0.1) is 35.4 Å². The summed E-state index contributed by atoms with van der Waals surface area (Å²) in [5, 5.41) is 7.71. The van der Waals surface area contributed by atoms with Crippen LogP contribution in [0.25, 0.3) is 0 Å². The lowest BCUT2D eigenvalue weighted by molar-refractivity contribution is -0.137. The summed E-state index contributed by atoms with van der Waals surface area (Å²) in [4.78, 5) is 26.7. The molecule has 0 spiro atoms. The summed E-state index contributed by atoms with van der Waals surface area (Å²) in [6, 6.07) is 5.37. The van der Waals surface area contributed by atoms with Gasteiger partial charge in [0, 0.05) is 0 Å². The normalized spacial score (nSPS) is 14.9. The minimum atomic E-state index is -4.71. The third-order valence-electron chi connectivity index (χ3n) is 4.34. The fourth-order valence-electron chi connectivity index (χ4n) is 2.63. The van der Waals surface area contributed by atoms with Crippen LogP contribution in [-0.2, 0) is 22.3 Å². The summed E-state index contributed by atoms with van der Waals surface area (Å²) in [5.74, 6) is -1.30. The van der Waals surface area contributed by atoms with Gasteiger partial charge in [-0.25, -0.2) is 4.39 Å². The van der Waals surface area contributed by atoms with Gasteiger partial charge in [0.25, 0.3) is 0 Å². The third kappa shape index (κ3) is 4.38. The number of benzene rings is 1. The Balaban J connectivity index is 1.64. The van der Waals surface area contributed by atoms with Gasteiger partial charge in [0.1, 0.15) is 11.4 Å². The molecule has 1 fully saturated rings. The average Bonchev–Trinajstić information content (AvgIpc) is 3.43. The van der Waals surface area contributed by atoms with Crippen LogP contribution in [0.1, 0.15) is 24.1 Å². The molecule has 1 aliphatic carbocycles. The van der Waals surface area contributed by atoms with Crippen LogP contribution in [0, 0.1) is 5.82 Å². The molecule has 6 nitrogen and oxygen atoms in total. The first-order valence-electron chi connectivity index (χ1n) is 8.32. The predicted octanol–water partition coefficient (Wildman–Crippen LogP) is 2.88. The number of carbonyl (C=O) groups is 2. The third-order valence-corrected chi connectivity index (χ3v) is 4.34. The van der Waals surface area contributed by atoms with E-state index in [1.165, 1.54) is 18.3 Å². The van der Waals surface area contributed by atoms with Crippen molar-refractivity contribution in [2.45, 2.75) is 31.1 Å². The maximum atomic E-state index is 13.2. The smallest absolute Gasteiger partial charge is 0.354 e. The molecule has 28 heavy (non-hydrogen) atoms. The monoisotopic (exact) mass is 396 g/mol. The highest BCUT2D eigenvalue weighted by molar-refractivity contribution is 5.91. The number of nitrogens with zero attached hydrogens (tertiary/aromatic N) is 1. The summed E-state index contributed by atoms with van der Waals surface area (Å²) < 4.78 is 52.3. The Morgan fingerprint density at radius 2 is 1.96 bits per heavy atom. The molecule has 0 bridgehead atoms. The molecule has 2 amide bonds. The van der Waals surface area contributed by atoms with Crippen molar-refractivity contribution in [1.82, 2.24) is 15.6 Å². The number of carbonyl (C=O) groups excluding carboxylic acids is 2. The van der Waals surface area contributed by atoms with E-state index in [4.69, 9.17) is 0 Å². The Morgan fingerprint density at radius 1 is 1.21 bits per heavy atom. The number of hydrogen-bond donors (Lipinski definition) is 3. The molecule has 0 unspecified atom stereocenters. The van der Waals surface area contributed by atoms with Gasteiger partial charge in [-0.1, -0.05) is 0 Å². The van der Waals surface area contributed by atoms with Crippen molar-refractivity contribution in [2.75, 3.05) is 5.32 Å². The number of halogens is 4. The minimum Gasteiger partial charge on any atom is -0.354 e. The molecule has 1 aromatic carbocycles. The molecule has 3 rings (SSSR count). The Morgan fingerprint density at radius 3 is 2.54 bits per heavy atom. The standard InChI is InChI=1S/C18H16F4N4O2/c19-11-1-4-15(14(7-11)18(20,21)22)26-13-3-2-12(23-9-13)8-24-16(28)17(5-6-17)25-10-27/h1-4,7,9-10,26H,5-6,8H2,(H,24,28)(H,25,27). The van der Waals surface area contributed by atoms with Gasteiger partial charge in [0.2, 0.25) is 12.3 Å². The van der Waals surface area contributed by atoms with E-state index in [2.05, 4.69) is 20.9 Å². The first-order chi connectivity index (χ1) is 13.2. The zero-order chi connectivity index (χ0) is 20.4. The van der Waals surface area contributed by atoms with Crippen molar-refractivity contribution in [1.29, 1.82) is 0 Å². The Kier molecular flexibility index (Phi) is 5.21. The first-order valence-corrected chi connectivity index (χ1v) is 8.32. The van der Waals surface area contributed by atoms with Gasteiger partial charge < -0.3 is 16.0 Å². The lowest BCUT2D eigenvalue weighted by Gasteiger charge is -2.15. The minimum absolute atomic E-state index is 0.103. The summed E-state index contributed by atoms with van der Waals surface area (Å²) in [6.45, 7) is 0.103. The van der Waals surface area contributed by atoms with Gasteiger partial charge in [-0.3, -0.25) is 14.6 Å². The number of nitrogens with one attached hydrogen (secondary N) is 3. The average molecular weight is 396 g/mol. The molecule has 1 saturated carbocycles. The van der Waals surface area contributed by atoms with E-state index < -0.39 is 23.1 Å². The van der Waals surface area contributed by atoms with Gasteiger partial charge in [0.15, 0.2) is 0 Å². The highest BCUT2D eigenvalue weighted by Crippen LogP contribution is 2.36. The Labute approximate surface area is 157 Å². The lowest BCUT2D eigenvalue weighted by Crippen LogP contribution is -2.45. The van der Waals surface area contributed by atoms with E-state index >= 15 is 0 Å². The number of aromatic nitrogens is 1. The highest BCUT2D eigenvalue weighted by atomic mass is 19.4. The van der Waals surface area contributed by atoms with Crippen molar-refractivity contribution >= 4 is 23.7 Å². The fourth-order valence-corrected chi connectivity index (χ4v) is 2.63. The summed E-state index contributed by atoms with van der Waals surface area (Å²) >= 11 is 0. The number of hydrogen-bond acceptors (Lipinski definition) is 4. The largest absolute Gasteiger partial charge is 0.418 e. The van der Waals surface area contributed by atoms with Gasteiger partial charge >= 0.3 is 6.18 Å². The van der Waals surface area contributed by atoms with Crippen molar-refractivity contribution < 1.29 is 27.2 Å². The van der Waals surface area contributed by atoms with Gasteiger partial charge in [-0.05, 0) is 43.2 Å². The van der Waals surface area contributed by atoms with Crippen LogP contribution in [0.15, 0.2) is 36.5 Å². The first kappa shape index (κ1) is 19.6. The van der Waals surface area contributed by atoms with Crippen LogP contribution in [0.5, 0.6) is 0 Å². The van der Waals surface area contributed by atoms with Crippen molar-refractivity contribution in [2.24, 2.45) is 0 Å². The van der Waals surface area contributed by atoms with Crippen LogP contribution < -0.4 is 16.0 Å². The highest BCUT2D eigenvalue weighted by Gasteiger charge is 2.49. The molecule has 0 saturated heterocycles. The SMILES string of the molecule is O=CNC1(C(=O)NCc2ccc(Nc3ccc(F)cc3C(F)(F)F)cn2)CC1. The predicted molar refractivity (Wildman–Crippen MR) is 91.9 cm³/mol. The molecular formula is C18H16F4N4O2. The zero-order valence-electron chi connectivity index (χ0n) is 14.4. The molecule has 148 valence electrons. The maximum Gasteiger partial charge on any atom is 0.418 e. The summed E-state index contributed by atoms with van der Waals surface area (Å²) in [7, 11) is 0.